The molecule has 0 aliphatic rings. The molecule has 2 aromatic rings. The lowest BCUT2D eigenvalue weighted by atomic mass is 10.1. The van der Waals surface area contributed by atoms with Crippen LogP contribution in [0.1, 0.15) is 33.2 Å². The number of ether oxygens (including phenoxy) is 1. The van der Waals surface area contributed by atoms with Crippen molar-refractivity contribution in [3.8, 4) is 0 Å². The van der Waals surface area contributed by atoms with Crippen LogP contribution in [0.15, 0.2) is 53.4 Å². The van der Waals surface area contributed by atoms with Crippen LogP contribution in [0, 0.1) is 0 Å². The zero-order valence-electron chi connectivity index (χ0n) is 14.6. The van der Waals surface area contributed by atoms with E-state index in [1.165, 1.54) is 24.3 Å². The Kier molecular flexibility index (Phi) is 6.57. The first-order valence-corrected chi connectivity index (χ1v) is 9.50. The number of carbonyl (C=O) groups is 2. The molecular weight excluding hydrogens is 399 g/mol. The molecule has 150 valence electrons. The molecule has 1 N–H and O–H groups in total. The highest BCUT2D eigenvalue weighted by Gasteiger charge is 2.31. The maximum absolute atomic E-state index is 12.7. The maximum atomic E-state index is 12.7. The number of esters is 1. The lowest BCUT2D eigenvalue weighted by Gasteiger charge is -2.09. The fourth-order valence-corrected chi connectivity index (χ4v) is 3.32. The van der Waals surface area contributed by atoms with Gasteiger partial charge in [-0.3, -0.25) is 4.79 Å². The molecule has 0 fully saturated rings. The van der Waals surface area contributed by atoms with Gasteiger partial charge >= 0.3 is 12.1 Å². The van der Waals surface area contributed by atoms with Crippen LogP contribution >= 0.6 is 0 Å². The Morgan fingerprint density at radius 2 is 1.68 bits per heavy atom. The van der Waals surface area contributed by atoms with Crippen LogP contribution in [-0.4, -0.2) is 33.3 Å². The Morgan fingerprint density at radius 3 is 2.32 bits per heavy atom. The first-order valence-electron chi connectivity index (χ1n) is 8.02. The van der Waals surface area contributed by atoms with Crippen molar-refractivity contribution in [1.82, 2.24) is 4.72 Å². The number of Topliss-reactive ketones (excluding diaryl/α,β-unsaturated/α-hetero) is 1. The highest BCUT2D eigenvalue weighted by Crippen LogP contribution is 2.29. The third kappa shape index (κ3) is 5.40. The summed E-state index contributed by atoms with van der Waals surface area (Å²) in [5, 5.41) is 0. The van der Waals surface area contributed by atoms with E-state index in [4.69, 9.17) is 4.74 Å². The van der Waals surface area contributed by atoms with Gasteiger partial charge in [0.25, 0.3) is 0 Å². The van der Waals surface area contributed by atoms with Gasteiger partial charge in [-0.15, -0.1) is 0 Å². The van der Waals surface area contributed by atoms with Crippen molar-refractivity contribution in [2.75, 3.05) is 13.2 Å². The Labute approximate surface area is 159 Å². The number of ketones is 1. The summed E-state index contributed by atoms with van der Waals surface area (Å²) in [6.07, 6.45) is -4.61. The zero-order chi connectivity index (χ0) is 20.9. The maximum Gasteiger partial charge on any atom is 0.416 e. The Morgan fingerprint density at radius 1 is 1.04 bits per heavy atom. The van der Waals surface area contributed by atoms with Crippen molar-refractivity contribution in [3.63, 3.8) is 0 Å². The van der Waals surface area contributed by atoms with Crippen molar-refractivity contribution >= 4 is 21.8 Å². The molecule has 0 aliphatic heterocycles. The van der Waals surface area contributed by atoms with Crippen LogP contribution in [0.3, 0.4) is 0 Å². The molecule has 0 aliphatic carbocycles. The standard InChI is InChI=1S/C18H16F3NO5S/c1-2-22-28(25,26)15-8-4-6-13(10-15)17(24)27-11-16(23)12-5-3-7-14(9-12)18(19,20)21/h3-10,22H,2,11H2,1H3. The summed E-state index contributed by atoms with van der Waals surface area (Å²) in [6.45, 7) is 0.960. The Bertz CT molecular complexity index is 987. The summed E-state index contributed by atoms with van der Waals surface area (Å²) in [5.74, 6) is -1.80. The highest BCUT2D eigenvalue weighted by molar-refractivity contribution is 7.89. The highest BCUT2D eigenvalue weighted by atomic mass is 32.2. The average Bonchev–Trinajstić information content (AvgIpc) is 2.65. The predicted molar refractivity (Wildman–Crippen MR) is 93.4 cm³/mol. The van der Waals surface area contributed by atoms with Crippen LogP contribution < -0.4 is 4.72 Å². The SMILES string of the molecule is CCNS(=O)(=O)c1cccc(C(=O)OCC(=O)c2cccc(C(F)(F)F)c2)c1. The number of rotatable bonds is 7. The topological polar surface area (TPSA) is 89.5 Å². The number of carbonyl (C=O) groups excluding carboxylic acids is 2. The van der Waals surface area contributed by atoms with Gasteiger partial charge in [0, 0.05) is 12.1 Å². The van der Waals surface area contributed by atoms with Crippen LogP contribution in [0.2, 0.25) is 0 Å². The smallest absolute Gasteiger partial charge is 0.416 e. The summed E-state index contributed by atoms with van der Waals surface area (Å²) < 4.78 is 69.1. The molecule has 2 aromatic carbocycles. The second-order valence-electron chi connectivity index (χ2n) is 5.61. The minimum Gasteiger partial charge on any atom is -0.454 e. The molecule has 0 bridgehead atoms. The van der Waals surface area contributed by atoms with Crippen molar-refractivity contribution in [3.05, 3.63) is 65.2 Å². The van der Waals surface area contributed by atoms with Gasteiger partial charge < -0.3 is 4.74 Å². The van der Waals surface area contributed by atoms with Crippen LogP contribution in [-0.2, 0) is 20.9 Å². The van der Waals surface area contributed by atoms with Gasteiger partial charge in [0.2, 0.25) is 10.0 Å². The third-order valence-electron chi connectivity index (χ3n) is 3.56. The monoisotopic (exact) mass is 415 g/mol. The summed E-state index contributed by atoms with van der Waals surface area (Å²) in [7, 11) is -3.79. The van der Waals surface area contributed by atoms with Gasteiger partial charge in [-0.05, 0) is 30.3 Å². The molecule has 0 atom stereocenters. The van der Waals surface area contributed by atoms with E-state index in [0.717, 1.165) is 18.2 Å². The van der Waals surface area contributed by atoms with E-state index in [0.29, 0.717) is 6.07 Å². The van der Waals surface area contributed by atoms with Gasteiger partial charge in [0.1, 0.15) is 0 Å². The number of hydrogen-bond donors (Lipinski definition) is 1. The van der Waals surface area contributed by atoms with E-state index in [1.807, 2.05) is 0 Å². The zero-order valence-corrected chi connectivity index (χ0v) is 15.4. The lowest BCUT2D eigenvalue weighted by Crippen LogP contribution is -2.23. The first-order chi connectivity index (χ1) is 13.0. The molecule has 0 heterocycles. The molecular formula is C18H16F3NO5S. The quantitative estimate of drug-likeness (QED) is 0.555. The molecule has 0 amide bonds. The van der Waals surface area contributed by atoms with Crippen molar-refractivity contribution in [1.29, 1.82) is 0 Å². The van der Waals surface area contributed by atoms with Gasteiger partial charge in [-0.25, -0.2) is 17.9 Å². The molecule has 0 unspecified atom stereocenters. The molecule has 0 aromatic heterocycles. The minimum atomic E-state index is -4.61. The Hall–Kier alpha value is -2.72. The fraction of sp³-hybridized carbons (Fsp3) is 0.222. The van der Waals surface area contributed by atoms with E-state index in [2.05, 4.69) is 4.72 Å². The Balaban J connectivity index is 2.10. The van der Waals surface area contributed by atoms with E-state index >= 15 is 0 Å². The second-order valence-corrected chi connectivity index (χ2v) is 7.37. The normalized spacial score (nSPS) is 11.9. The van der Waals surface area contributed by atoms with E-state index in [1.54, 1.807) is 6.92 Å². The molecule has 10 heteroatoms. The molecule has 6 nitrogen and oxygen atoms in total. The molecule has 0 saturated carbocycles. The number of hydrogen-bond acceptors (Lipinski definition) is 5. The van der Waals surface area contributed by atoms with E-state index in [-0.39, 0.29) is 22.6 Å². The van der Waals surface area contributed by atoms with Crippen LogP contribution in [0.4, 0.5) is 13.2 Å². The minimum absolute atomic E-state index is 0.115. The number of sulfonamides is 1. The molecule has 0 saturated heterocycles. The van der Waals surface area contributed by atoms with Crippen molar-refractivity contribution in [2.24, 2.45) is 0 Å². The van der Waals surface area contributed by atoms with E-state index in [9.17, 15) is 31.2 Å². The fourth-order valence-electron chi connectivity index (χ4n) is 2.23. The largest absolute Gasteiger partial charge is 0.454 e. The van der Waals surface area contributed by atoms with Crippen molar-refractivity contribution in [2.45, 2.75) is 18.0 Å². The second kappa shape index (κ2) is 8.53. The van der Waals surface area contributed by atoms with Gasteiger partial charge in [0.15, 0.2) is 12.4 Å². The molecule has 0 radical (unpaired) electrons. The number of benzene rings is 2. The van der Waals surface area contributed by atoms with Crippen LogP contribution in [0.5, 0.6) is 0 Å². The summed E-state index contributed by atoms with van der Waals surface area (Å²) >= 11 is 0. The number of nitrogens with one attached hydrogen (secondary N) is 1. The number of alkyl halides is 3. The summed E-state index contributed by atoms with van der Waals surface area (Å²) in [4.78, 5) is 23.9. The van der Waals surface area contributed by atoms with Gasteiger partial charge in [-0.1, -0.05) is 25.1 Å². The predicted octanol–water partition coefficient (Wildman–Crippen LogP) is 3.04. The average molecular weight is 415 g/mol. The molecule has 0 spiro atoms. The van der Waals surface area contributed by atoms with E-state index < -0.39 is 40.1 Å². The summed E-state index contributed by atoms with van der Waals surface area (Å²) in [6, 6.07) is 8.72. The lowest BCUT2D eigenvalue weighted by molar-refractivity contribution is -0.137. The molecule has 28 heavy (non-hydrogen) atoms. The number of halogens is 3. The molecule has 2 rings (SSSR count). The first kappa shape index (κ1) is 21.6. The summed E-state index contributed by atoms with van der Waals surface area (Å²) in [5.41, 5.74) is -1.37. The van der Waals surface area contributed by atoms with Crippen molar-refractivity contribution < 1.29 is 35.9 Å². The van der Waals surface area contributed by atoms with Gasteiger partial charge in [-0.2, -0.15) is 13.2 Å². The third-order valence-corrected chi connectivity index (χ3v) is 5.10. The van der Waals surface area contributed by atoms with Gasteiger partial charge in [0.05, 0.1) is 16.0 Å². The van der Waals surface area contributed by atoms with Crippen LogP contribution in [0.25, 0.3) is 0 Å².